The summed E-state index contributed by atoms with van der Waals surface area (Å²) in [6.07, 6.45) is 5.99. The van der Waals surface area contributed by atoms with Crippen molar-refractivity contribution in [3.63, 3.8) is 0 Å². The number of likely N-dealkylation sites (tertiary alicyclic amines) is 1. The number of hydrogen-bond acceptors (Lipinski definition) is 8. The van der Waals surface area contributed by atoms with Gasteiger partial charge in [-0.2, -0.15) is 4.98 Å². The number of nitrogens with zero attached hydrogens (tertiary/aromatic N) is 5. The zero-order valence-electron chi connectivity index (χ0n) is 19.0. The quantitative estimate of drug-likeness (QED) is 0.616. The molecule has 2 N–H and O–H groups in total. The fourth-order valence-corrected chi connectivity index (χ4v) is 5.09. The van der Waals surface area contributed by atoms with E-state index in [0.29, 0.717) is 34.4 Å². The largest absolute Gasteiger partial charge is 0.370 e. The molecule has 2 fully saturated rings. The number of carbonyl (C=O) groups is 1. The van der Waals surface area contributed by atoms with Crippen LogP contribution in [0.1, 0.15) is 53.6 Å². The van der Waals surface area contributed by atoms with Gasteiger partial charge >= 0.3 is 0 Å². The van der Waals surface area contributed by atoms with Crippen LogP contribution in [0.25, 0.3) is 11.1 Å². The Balaban J connectivity index is 1.22. The van der Waals surface area contributed by atoms with Gasteiger partial charge in [0.1, 0.15) is 16.9 Å². The minimum Gasteiger partial charge on any atom is -0.370 e. The normalized spacial score (nSPS) is 20.3. The number of piperidine rings is 2. The van der Waals surface area contributed by atoms with Gasteiger partial charge < -0.3 is 19.7 Å². The summed E-state index contributed by atoms with van der Waals surface area (Å²) < 4.78 is 5.26. The van der Waals surface area contributed by atoms with E-state index in [1.165, 1.54) is 0 Å². The maximum Gasteiger partial charge on any atom is 0.269 e. The third-order valence-corrected chi connectivity index (χ3v) is 6.93. The number of rotatable bonds is 4. The average molecular weight is 452 g/mol. The monoisotopic (exact) mass is 451 g/mol. The molecule has 5 heterocycles. The molecular formula is C23H29N7O3. The van der Waals surface area contributed by atoms with Gasteiger partial charge in [0, 0.05) is 38.6 Å². The number of fused-ring (bicyclic) bond motifs is 1. The highest BCUT2D eigenvalue weighted by Crippen LogP contribution is 2.30. The van der Waals surface area contributed by atoms with E-state index >= 15 is 0 Å². The molecule has 174 valence electrons. The van der Waals surface area contributed by atoms with Gasteiger partial charge in [-0.25, -0.2) is 4.98 Å². The number of nitrogens with one attached hydrogen (secondary N) is 2. The minimum atomic E-state index is -0.173. The van der Waals surface area contributed by atoms with Crippen LogP contribution in [0.3, 0.4) is 0 Å². The second-order valence-electron chi connectivity index (χ2n) is 8.93. The van der Waals surface area contributed by atoms with Crippen LogP contribution in [-0.2, 0) is 0 Å². The van der Waals surface area contributed by atoms with Crippen molar-refractivity contribution in [2.24, 2.45) is 0 Å². The first-order valence-electron chi connectivity index (χ1n) is 11.6. The molecule has 0 saturated carbocycles. The van der Waals surface area contributed by atoms with Crippen LogP contribution in [0.5, 0.6) is 0 Å². The van der Waals surface area contributed by atoms with Crippen LogP contribution >= 0.6 is 0 Å². The van der Waals surface area contributed by atoms with Gasteiger partial charge in [0.15, 0.2) is 0 Å². The number of hydrogen-bond donors (Lipinski definition) is 2. The Bertz CT molecular complexity index is 1190. The van der Waals surface area contributed by atoms with E-state index in [9.17, 15) is 9.59 Å². The molecule has 3 aromatic heterocycles. The SMILES string of the molecule is CNC(=O)c1ccc(N2CCC(N3CCCC(c4nc5onc(C)c5c(=O)[nH]4)C3)CC2)cn1. The summed E-state index contributed by atoms with van der Waals surface area (Å²) >= 11 is 0. The fourth-order valence-electron chi connectivity index (χ4n) is 5.09. The Morgan fingerprint density at radius 3 is 2.76 bits per heavy atom. The van der Waals surface area contributed by atoms with Crippen molar-refractivity contribution in [2.75, 3.05) is 38.1 Å². The smallest absolute Gasteiger partial charge is 0.269 e. The van der Waals surface area contributed by atoms with E-state index in [1.807, 2.05) is 6.07 Å². The van der Waals surface area contributed by atoms with Crippen molar-refractivity contribution in [2.45, 2.75) is 44.6 Å². The Morgan fingerprint density at radius 1 is 1.21 bits per heavy atom. The number of aromatic nitrogens is 4. The first kappa shape index (κ1) is 21.6. The number of pyridine rings is 1. The van der Waals surface area contributed by atoms with Crippen molar-refractivity contribution >= 4 is 22.7 Å². The van der Waals surface area contributed by atoms with E-state index < -0.39 is 0 Å². The first-order valence-corrected chi connectivity index (χ1v) is 11.6. The number of aryl methyl sites for hydroxylation is 1. The second-order valence-corrected chi connectivity index (χ2v) is 8.93. The number of carbonyl (C=O) groups excluding carboxylic acids is 1. The molecule has 2 saturated heterocycles. The van der Waals surface area contributed by atoms with Gasteiger partial charge in [0.05, 0.1) is 17.6 Å². The second kappa shape index (κ2) is 8.93. The van der Waals surface area contributed by atoms with Gasteiger partial charge in [-0.05, 0) is 51.3 Å². The lowest BCUT2D eigenvalue weighted by Crippen LogP contribution is -2.48. The molecule has 0 aliphatic carbocycles. The van der Waals surface area contributed by atoms with E-state index in [0.717, 1.165) is 57.5 Å². The number of anilines is 1. The average Bonchev–Trinajstić information content (AvgIpc) is 3.25. The standard InChI is InChI=1S/C23H29N7O3/c1-14-19-22(32)26-20(27-23(19)33-28-14)15-4-3-9-30(13-15)16-7-10-29(11-8-16)17-5-6-18(25-12-17)21(31)24-2/h5-6,12,15-16H,3-4,7-11,13H2,1-2H3,(H,24,31)(H,26,27,32). The van der Waals surface area contributed by atoms with Crippen LogP contribution in [0.2, 0.25) is 0 Å². The Labute approximate surface area is 191 Å². The van der Waals surface area contributed by atoms with E-state index in [4.69, 9.17) is 4.52 Å². The van der Waals surface area contributed by atoms with Crippen molar-refractivity contribution in [3.8, 4) is 0 Å². The number of amides is 1. The zero-order valence-corrected chi connectivity index (χ0v) is 19.0. The van der Waals surface area contributed by atoms with Crippen molar-refractivity contribution in [3.05, 3.63) is 45.9 Å². The zero-order chi connectivity index (χ0) is 22.9. The Hall–Kier alpha value is -3.27. The molecule has 1 atom stereocenters. The summed E-state index contributed by atoms with van der Waals surface area (Å²) in [6.45, 7) is 5.60. The van der Waals surface area contributed by atoms with Crippen LogP contribution in [0.15, 0.2) is 27.6 Å². The fraction of sp³-hybridized carbons (Fsp3) is 0.522. The Kier molecular flexibility index (Phi) is 5.84. The van der Waals surface area contributed by atoms with Gasteiger partial charge in [-0.3, -0.25) is 14.5 Å². The molecule has 10 heteroatoms. The molecule has 3 aromatic rings. The molecule has 1 amide bonds. The maximum atomic E-state index is 12.5. The Morgan fingerprint density at radius 2 is 2.03 bits per heavy atom. The van der Waals surface area contributed by atoms with Gasteiger partial charge in [-0.1, -0.05) is 5.16 Å². The number of H-pyrrole nitrogens is 1. The van der Waals surface area contributed by atoms with Crippen LogP contribution in [0, 0.1) is 6.92 Å². The highest BCUT2D eigenvalue weighted by Gasteiger charge is 2.31. The molecular weight excluding hydrogens is 422 g/mol. The molecule has 0 radical (unpaired) electrons. The third kappa shape index (κ3) is 4.22. The topological polar surface area (TPSA) is 120 Å². The molecule has 0 bridgehead atoms. The minimum absolute atomic E-state index is 0.171. The van der Waals surface area contributed by atoms with E-state index in [2.05, 4.69) is 35.2 Å². The van der Waals surface area contributed by atoms with Crippen LogP contribution < -0.4 is 15.8 Å². The summed E-state index contributed by atoms with van der Waals surface area (Å²) in [5.41, 5.74) is 2.21. The highest BCUT2D eigenvalue weighted by atomic mass is 16.5. The maximum absolute atomic E-state index is 12.5. The third-order valence-electron chi connectivity index (χ3n) is 6.93. The molecule has 33 heavy (non-hydrogen) atoms. The molecule has 2 aliphatic heterocycles. The summed E-state index contributed by atoms with van der Waals surface area (Å²) in [4.78, 5) is 41.0. The van der Waals surface area contributed by atoms with E-state index in [1.54, 1.807) is 26.2 Å². The van der Waals surface area contributed by atoms with Crippen molar-refractivity contribution in [1.82, 2.24) is 30.3 Å². The highest BCUT2D eigenvalue weighted by molar-refractivity contribution is 5.92. The molecule has 5 rings (SSSR count). The lowest BCUT2D eigenvalue weighted by atomic mass is 9.93. The molecule has 1 unspecified atom stereocenters. The summed E-state index contributed by atoms with van der Waals surface area (Å²) in [5.74, 6) is 0.710. The van der Waals surface area contributed by atoms with Gasteiger partial charge in [-0.15, -0.1) is 0 Å². The molecule has 10 nitrogen and oxygen atoms in total. The van der Waals surface area contributed by atoms with E-state index in [-0.39, 0.29) is 17.4 Å². The first-order chi connectivity index (χ1) is 16.0. The van der Waals surface area contributed by atoms with Gasteiger partial charge in [0.25, 0.3) is 17.2 Å². The van der Waals surface area contributed by atoms with Crippen LogP contribution in [-0.4, -0.2) is 70.2 Å². The number of aromatic amines is 1. The molecule has 0 aromatic carbocycles. The summed E-state index contributed by atoms with van der Waals surface area (Å²) in [5, 5.41) is 6.92. The summed E-state index contributed by atoms with van der Waals surface area (Å²) in [6, 6.07) is 4.25. The lowest BCUT2D eigenvalue weighted by Gasteiger charge is -2.42. The molecule has 2 aliphatic rings. The molecule has 0 spiro atoms. The van der Waals surface area contributed by atoms with Crippen LogP contribution in [0.4, 0.5) is 5.69 Å². The summed E-state index contributed by atoms with van der Waals surface area (Å²) in [7, 11) is 1.61. The van der Waals surface area contributed by atoms with Gasteiger partial charge in [0.2, 0.25) is 0 Å². The van der Waals surface area contributed by atoms with Crippen molar-refractivity contribution in [1.29, 1.82) is 0 Å². The lowest BCUT2D eigenvalue weighted by molar-refractivity contribution is 0.0958. The predicted molar refractivity (Wildman–Crippen MR) is 124 cm³/mol. The van der Waals surface area contributed by atoms with Crippen molar-refractivity contribution < 1.29 is 9.32 Å². The predicted octanol–water partition coefficient (Wildman–Crippen LogP) is 1.82.